The Bertz CT molecular complexity index is 398. The molecular weight excluding hydrogens is 318 g/mol. The number of aliphatic hydroxyl groups is 7. The molecular formula is C12H23NO10. The molecule has 0 radical (unpaired) electrons. The van der Waals surface area contributed by atoms with E-state index in [1.807, 2.05) is 0 Å². The summed E-state index contributed by atoms with van der Waals surface area (Å²) in [6, 6.07) is -1.28. The van der Waals surface area contributed by atoms with Crippen molar-refractivity contribution in [2.24, 2.45) is 5.73 Å². The van der Waals surface area contributed by atoms with Gasteiger partial charge in [-0.2, -0.15) is 0 Å². The van der Waals surface area contributed by atoms with Gasteiger partial charge in [-0.1, -0.05) is 0 Å². The van der Waals surface area contributed by atoms with Gasteiger partial charge in [-0.15, -0.1) is 0 Å². The molecule has 2 rings (SSSR count). The molecule has 9 atom stereocenters. The van der Waals surface area contributed by atoms with Crippen LogP contribution in [0.2, 0.25) is 0 Å². The fourth-order valence-corrected chi connectivity index (χ4v) is 2.68. The maximum Gasteiger partial charge on any atom is 0.223 e. The molecule has 2 heterocycles. The Morgan fingerprint density at radius 2 is 1.52 bits per heavy atom. The van der Waals surface area contributed by atoms with Crippen molar-refractivity contribution in [3.8, 4) is 0 Å². The van der Waals surface area contributed by atoms with E-state index < -0.39 is 74.6 Å². The Hall–Kier alpha value is -0.440. The third-order valence-electron chi connectivity index (χ3n) is 4.15. The molecule has 0 saturated carbocycles. The Balaban J connectivity index is 2.18. The average molecular weight is 341 g/mol. The highest BCUT2D eigenvalue weighted by atomic mass is 16.8. The number of ether oxygens (including phenoxy) is 3. The zero-order valence-electron chi connectivity index (χ0n) is 12.2. The maximum absolute atomic E-state index is 10.0. The van der Waals surface area contributed by atoms with Crippen LogP contribution in [0.3, 0.4) is 0 Å². The van der Waals surface area contributed by atoms with Crippen LogP contribution in [0.5, 0.6) is 0 Å². The second kappa shape index (κ2) is 7.21. The molecule has 0 aromatic rings. The Morgan fingerprint density at radius 1 is 0.913 bits per heavy atom. The zero-order valence-corrected chi connectivity index (χ0v) is 12.2. The molecule has 0 aromatic carbocycles. The lowest BCUT2D eigenvalue weighted by atomic mass is 9.97. The van der Waals surface area contributed by atoms with E-state index in [-0.39, 0.29) is 0 Å². The first-order valence-corrected chi connectivity index (χ1v) is 7.12. The molecule has 11 heteroatoms. The zero-order chi connectivity index (χ0) is 17.4. The van der Waals surface area contributed by atoms with Crippen LogP contribution in [-0.4, -0.2) is 110 Å². The van der Waals surface area contributed by atoms with Crippen LogP contribution in [0, 0.1) is 0 Å². The highest BCUT2D eigenvalue weighted by Gasteiger charge is 2.58. The summed E-state index contributed by atoms with van der Waals surface area (Å²) in [4.78, 5) is 0. The lowest BCUT2D eigenvalue weighted by Crippen LogP contribution is -2.65. The predicted octanol–water partition coefficient (Wildman–Crippen LogP) is -5.43. The topological polar surface area (TPSA) is 195 Å². The molecule has 136 valence electrons. The summed E-state index contributed by atoms with van der Waals surface area (Å²) >= 11 is 0. The van der Waals surface area contributed by atoms with Crippen LogP contribution in [0.4, 0.5) is 0 Å². The number of hydrogen-bond donors (Lipinski definition) is 8. The third-order valence-corrected chi connectivity index (χ3v) is 4.15. The molecule has 2 saturated heterocycles. The molecule has 23 heavy (non-hydrogen) atoms. The summed E-state index contributed by atoms with van der Waals surface area (Å²) in [7, 11) is 0. The van der Waals surface area contributed by atoms with Gasteiger partial charge < -0.3 is 55.7 Å². The smallest absolute Gasteiger partial charge is 0.223 e. The van der Waals surface area contributed by atoms with Crippen LogP contribution in [0.1, 0.15) is 0 Å². The lowest BCUT2D eigenvalue weighted by Gasteiger charge is -2.43. The monoisotopic (exact) mass is 341 g/mol. The van der Waals surface area contributed by atoms with Crippen LogP contribution in [-0.2, 0) is 14.2 Å². The van der Waals surface area contributed by atoms with Crippen LogP contribution in [0.15, 0.2) is 0 Å². The van der Waals surface area contributed by atoms with E-state index in [1.165, 1.54) is 0 Å². The van der Waals surface area contributed by atoms with E-state index in [1.54, 1.807) is 0 Å². The van der Waals surface area contributed by atoms with Crippen molar-refractivity contribution in [2.75, 3.05) is 19.8 Å². The number of hydrogen-bond acceptors (Lipinski definition) is 11. The normalized spacial score (nSPS) is 51.1. The van der Waals surface area contributed by atoms with Crippen LogP contribution >= 0.6 is 0 Å². The van der Waals surface area contributed by atoms with E-state index in [0.717, 1.165) is 0 Å². The number of rotatable bonds is 5. The molecule has 2 fully saturated rings. The summed E-state index contributed by atoms with van der Waals surface area (Å²) < 4.78 is 15.8. The fraction of sp³-hybridized carbons (Fsp3) is 1.00. The predicted molar refractivity (Wildman–Crippen MR) is 70.6 cm³/mol. The Labute approximate surface area is 131 Å². The van der Waals surface area contributed by atoms with Gasteiger partial charge in [0.2, 0.25) is 5.79 Å². The summed E-state index contributed by atoms with van der Waals surface area (Å²) in [6.45, 7) is -2.18. The fourth-order valence-electron chi connectivity index (χ4n) is 2.68. The van der Waals surface area contributed by atoms with Gasteiger partial charge in [0.1, 0.15) is 43.2 Å². The quantitative estimate of drug-likeness (QED) is 0.238. The lowest BCUT2D eigenvalue weighted by molar-refractivity contribution is -0.366. The summed E-state index contributed by atoms with van der Waals surface area (Å²) in [5.74, 6) is -2.14. The third kappa shape index (κ3) is 3.23. The van der Waals surface area contributed by atoms with Crippen molar-refractivity contribution in [3.05, 3.63) is 0 Å². The average Bonchev–Trinajstić information content (AvgIpc) is 2.80. The van der Waals surface area contributed by atoms with Gasteiger partial charge in [0.15, 0.2) is 6.29 Å². The molecule has 0 bridgehead atoms. The van der Waals surface area contributed by atoms with Crippen molar-refractivity contribution < 1.29 is 50.0 Å². The standard InChI is InChI=1S/C12H23NO10/c13-6-9(19)7(17)4(1-14)21-11(6)23-12(3-16)10(20)8(18)5(2-15)22-12/h4-11,14-20H,1-3,13H2/t4-,5-,6-,7-,8-,9-,10+,11+,12+/m1/s1. The first-order valence-electron chi connectivity index (χ1n) is 7.12. The molecule has 11 nitrogen and oxygen atoms in total. The molecule has 0 aromatic heterocycles. The van der Waals surface area contributed by atoms with Crippen LogP contribution in [0.25, 0.3) is 0 Å². The van der Waals surface area contributed by atoms with Gasteiger partial charge in [-0.25, -0.2) is 0 Å². The minimum absolute atomic E-state index is 0.637. The summed E-state index contributed by atoms with van der Waals surface area (Å²) in [6.07, 6.45) is -10.1. The van der Waals surface area contributed by atoms with E-state index in [0.29, 0.717) is 0 Å². The van der Waals surface area contributed by atoms with Crippen molar-refractivity contribution in [1.82, 2.24) is 0 Å². The molecule has 9 N–H and O–H groups in total. The Morgan fingerprint density at radius 3 is 2.00 bits per heavy atom. The van der Waals surface area contributed by atoms with E-state index >= 15 is 0 Å². The van der Waals surface area contributed by atoms with E-state index in [4.69, 9.17) is 30.2 Å². The Kier molecular flexibility index (Phi) is 5.92. The molecule has 2 aliphatic rings. The number of nitrogens with two attached hydrogens (primary N) is 1. The van der Waals surface area contributed by atoms with Crippen molar-refractivity contribution in [3.63, 3.8) is 0 Å². The van der Waals surface area contributed by atoms with Gasteiger partial charge in [0.25, 0.3) is 0 Å². The van der Waals surface area contributed by atoms with Gasteiger partial charge in [0, 0.05) is 0 Å². The molecule has 0 spiro atoms. The highest BCUT2D eigenvalue weighted by Crippen LogP contribution is 2.35. The van der Waals surface area contributed by atoms with Crippen LogP contribution < -0.4 is 5.73 Å². The van der Waals surface area contributed by atoms with Crippen molar-refractivity contribution in [1.29, 1.82) is 0 Å². The molecule has 0 unspecified atom stereocenters. The number of aliphatic hydroxyl groups excluding tert-OH is 7. The summed E-state index contributed by atoms with van der Waals surface area (Å²) in [5.41, 5.74) is 5.70. The van der Waals surface area contributed by atoms with Crippen molar-refractivity contribution in [2.45, 2.75) is 54.7 Å². The molecule has 0 aliphatic carbocycles. The maximum atomic E-state index is 10.0. The molecule has 0 amide bonds. The van der Waals surface area contributed by atoms with Gasteiger partial charge in [0.05, 0.1) is 19.3 Å². The first-order chi connectivity index (χ1) is 10.8. The second-order valence-corrected chi connectivity index (χ2v) is 5.65. The molecule has 2 aliphatic heterocycles. The van der Waals surface area contributed by atoms with Crippen molar-refractivity contribution >= 4 is 0 Å². The highest BCUT2D eigenvalue weighted by molar-refractivity contribution is 4.99. The first kappa shape index (κ1) is 18.9. The summed E-state index contributed by atoms with van der Waals surface area (Å²) in [5, 5.41) is 67.2. The van der Waals surface area contributed by atoms with E-state index in [9.17, 15) is 25.5 Å². The van der Waals surface area contributed by atoms with Gasteiger partial charge >= 0.3 is 0 Å². The van der Waals surface area contributed by atoms with Gasteiger partial charge in [-0.3, -0.25) is 0 Å². The second-order valence-electron chi connectivity index (χ2n) is 5.65. The van der Waals surface area contributed by atoms with Gasteiger partial charge in [-0.05, 0) is 0 Å². The largest absolute Gasteiger partial charge is 0.394 e. The SMILES string of the molecule is N[C@H]1[C@H](O[C@]2(CO)O[C@H](CO)[C@@H](O)[C@@H]2O)O[C@H](CO)[C@@H](O)[C@@H]1O. The van der Waals surface area contributed by atoms with E-state index in [2.05, 4.69) is 0 Å². The minimum Gasteiger partial charge on any atom is -0.394 e. The minimum atomic E-state index is -2.14.